The average molecular weight is 306 g/mol. The van der Waals surface area contributed by atoms with E-state index in [1.807, 2.05) is 0 Å². The molecule has 0 N–H and O–H groups in total. The molecule has 2 aliphatic heterocycles. The summed E-state index contributed by atoms with van der Waals surface area (Å²) in [4.78, 5) is 18.2. The summed E-state index contributed by atoms with van der Waals surface area (Å²) in [5.41, 5.74) is 0.296. The van der Waals surface area contributed by atoms with Gasteiger partial charge in [-0.15, -0.1) is 0 Å². The molecular weight excluding hydrogens is 276 g/mol. The molecular formula is C18H30N2O2. The first-order valence-electron chi connectivity index (χ1n) is 9.32. The highest BCUT2D eigenvalue weighted by molar-refractivity contribution is 5.87. The molecule has 22 heavy (non-hydrogen) atoms. The van der Waals surface area contributed by atoms with E-state index in [-0.39, 0.29) is 5.54 Å². The molecule has 0 spiro atoms. The van der Waals surface area contributed by atoms with Crippen molar-refractivity contribution in [3.05, 3.63) is 0 Å². The minimum absolute atomic E-state index is 0.201. The van der Waals surface area contributed by atoms with Crippen LogP contribution in [0, 0.1) is 11.3 Å². The molecule has 2 heterocycles. The SMILES string of the molecule is CCC12CC1CN(C(=O)C1(N3CCOCC3)CCCCC1)C2. The normalized spacial score (nSPS) is 37.9. The van der Waals surface area contributed by atoms with Crippen molar-refractivity contribution < 1.29 is 9.53 Å². The molecule has 4 aliphatic rings. The summed E-state index contributed by atoms with van der Waals surface area (Å²) in [6, 6.07) is 0. The van der Waals surface area contributed by atoms with Crippen LogP contribution in [0.3, 0.4) is 0 Å². The molecule has 4 rings (SSSR count). The maximum absolute atomic E-state index is 13.5. The van der Waals surface area contributed by atoms with Gasteiger partial charge < -0.3 is 9.64 Å². The molecule has 1 amide bonds. The summed E-state index contributed by atoms with van der Waals surface area (Å²) in [6.07, 6.45) is 8.43. The van der Waals surface area contributed by atoms with Crippen molar-refractivity contribution in [1.29, 1.82) is 0 Å². The zero-order valence-electron chi connectivity index (χ0n) is 14.0. The Kier molecular flexibility index (Phi) is 3.73. The highest BCUT2D eigenvalue weighted by Crippen LogP contribution is 2.60. The molecule has 4 heteroatoms. The smallest absolute Gasteiger partial charge is 0.243 e. The molecule has 0 aromatic rings. The molecule has 0 bridgehead atoms. The number of fused-ring (bicyclic) bond motifs is 1. The fourth-order valence-corrected chi connectivity index (χ4v) is 5.38. The number of amides is 1. The van der Waals surface area contributed by atoms with Gasteiger partial charge in [0.25, 0.3) is 0 Å². The standard InChI is InChI=1S/C18H30N2O2/c1-2-17-12-15(17)13-19(14-17)16(21)18(6-4-3-5-7-18)20-8-10-22-11-9-20/h15H,2-14H2,1H3. The fraction of sp³-hybridized carbons (Fsp3) is 0.944. The van der Waals surface area contributed by atoms with Gasteiger partial charge in [-0.25, -0.2) is 0 Å². The summed E-state index contributed by atoms with van der Waals surface area (Å²) in [5, 5.41) is 0. The van der Waals surface area contributed by atoms with E-state index in [9.17, 15) is 4.79 Å². The predicted octanol–water partition coefficient (Wildman–Crippen LogP) is 2.28. The topological polar surface area (TPSA) is 32.8 Å². The maximum atomic E-state index is 13.5. The minimum Gasteiger partial charge on any atom is -0.379 e. The number of morpholine rings is 1. The number of carbonyl (C=O) groups excluding carboxylic acids is 1. The quantitative estimate of drug-likeness (QED) is 0.802. The molecule has 0 aromatic heterocycles. The molecule has 2 atom stereocenters. The largest absolute Gasteiger partial charge is 0.379 e. The van der Waals surface area contributed by atoms with Crippen molar-refractivity contribution in [2.24, 2.45) is 11.3 Å². The Balaban J connectivity index is 1.54. The third-order valence-corrected chi connectivity index (χ3v) is 6.99. The van der Waals surface area contributed by atoms with Gasteiger partial charge >= 0.3 is 0 Å². The van der Waals surface area contributed by atoms with Crippen molar-refractivity contribution in [3.63, 3.8) is 0 Å². The van der Waals surface area contributed by atoms with Crippen LogP contribution in [0.15, 0.2) is 0 Å². The summed E-state index contributed by atoms with van der Waals surface area (Å²) in [7, 11) is 0. The molecule has 2 saturated heterocycles. The molecule has 2 saturated carbocycles. The van der Waals surface area contributed by atoms with Crippen molar-refractivity contribution in [3.8, 4) is 0 Å². The first-order valence-corrected chi connectivity index (χ1v) is 9.32. The van der Waals surface area contributed by atoms with Crippen LogP contribution in [-0.4, -0.2) is 60.6 Å². The van der Waals surface area contributed by atoms with Crippen molar-refractivity contribution >= 4 is 5.91 Å². The second kappa shape index (κ2) is 5.48. The van der Waals surface area contributed by atoms with Crippen LogP contribution in [0.1, 0.15) is 51.9 Å². The lowest BCUT2D eigenvalue weighted by Gasteiger charge is -2.48. The van der Waals surface area contributed by atoms with Gasteiger partial charge in [0.1, 0.15) is 5.54 Å². The van der Waals surface area contributed by atoms with Crippen molar-refractivity contribution in [2.45, 2.75) is 57.4 Å². The Morgan fingerprint density at radius 2 is 1.91 bits per heavy atom. The van der Waals surface area contributed by atoms with E-state index in [4.69, 9.17) is 4.74 Å². The summed E-state index contributed by atoms with van der Waals surface area (Å²) < 4.78 is 5.53. The molecule has 2 unspecified atom stereocenters. The number of piperidine rings is 1. The number of rotatable bonds is 3. The Bertz CT molecular complexity index is 436. The van der Waals surface area contributed by atoms with Gasteiger partial charge in [0.2, 0.25) is 5.91 Å². The highest BCUT2D eigenvalue weighted by Gasteiger charge is 2.61. The van der Waals surface area contributed by atoms with Gasteiger partial charge in [-0.1, -0.05) is 26.2 Å². The Morgan fingerprint density at radius 1 is 1.18 bits per heavy atom. The second-order valence-electron chi connectivity index (χ2n) is 7.99. The monoisotopic (exact) mass is 306 g/mol. The molecule has 0 aromatic carbocycles. The third-order valence-electron chi connectivity index (χ3n) is 6.99. The summed E-state index contributed by atoms with van der Waals surface area (Å²) >= 11 is 0. The van der Waals surface area contributed by atoms with Gasteiger partial charge in [0.05, 0.1) is 13.2 Å². The van der Waals surface area contributed by atoms with Gasteiger partial charge in [-0.05, 0) is 37.0 Å². The summed E-state index contributed by atoms with van der Waals surface area (Å²) in [5.74, 6) is 1.25. The lowest BCUT2D eigenvalue weighted by molar-refractivity contribution is -0.151. The average Bonchev–Trinajstić information content (AvgIpc) is 3.16. The van der Waals surface area contributed by atoms with E-state index >= 15 is 0 Å². The van der Waals surface area contributed by atoms with E-state index in [1.165, 1.54) is 32.1 Å². The second-order valence-corrected chi connectivity index (χ2v) is 7.99. The van der Waals surface area contributed by atoms with Gasteiger partial charge in [-0.3, -0.25) is 9.69 Å². The Hall–Kier alpha value is -0.610. The molecule has 124 valence electrons. The van der Waals surface area contributed by atoms with Crippen LogP contribution in [0.5, 0.6) is 0 Å². The van der Waals surface area contributed by atoms with E-state index < -0.39 is 0 Å². The molecule has 4 fully saturated rings. The van der Waals surface area contributed by atoms with Crippen molar-refractivity contribution in [2.75, 3.05) is 39.4 Å². The lowest BCUT2D eigenvalue weighted by Crippen LogP contribution is -2.63. The van der Waals surface area contributed by atoms with E-state index in [1.54, 1.807) is 0 Å². The van der Waals surface area contributed by atoms with Crippen LogP contribution in [0.4, 0.5) is 0 Å². The highest BCUT2D eigenvalue weighted by atomic mass is 16.5. The molecule has 4 nitrogen and oxygen atoms in total. The van der Waals surface area contributed by atoms with Crippen molar-refractivity contribution in [1.82, 2.24) is 9.80 Å². The lowest BCUT2D eigenvalue weighted by atomic mass is 9.78. The Morgan fingerprint density at radius 3 is 2.55 bits per heavy atom. The van der Waals surface area contributed by atoms with Crippen LogP contribution >= 0.6 is 0 Å². The van der Waals surface area contributed by atoms with Crippen LogP contribution in [-0.2, 0) is 9.53 Å². The number of carbonyl (C=O) groups is 1. The number of hydrogen-bond donors (Lipinski definition) is 0. The van der Waals surface area contributed by atoms with Gasteiger partial charge in [0, 0.05) is 26.2 Å². The number of hydrogen-bond acceptors (Lipinski definition) is 3. The van der Waals surface area contributed by atoms with Crippen LogP contribution in [0.2, 0.25) is 0 Å². The zero-order chi connectivity index (χ0) is 15.2. The molecule has 0 radical (unpaired) electrons. The summed E-state index contributed by atoms with van der Waals surface area (Å²) in [6.45, 7) is 7.79. The van der Waals surface area contributed by atoms with Gasteiger partial charge in [-0.2, -0.15) is 0 Å². The van der Waals surface area contributed by atoms with E-state index in [2.05, 4.69) is 16.7 Å². The first kappa shape index (κ1) is 14.9. The van der Waals surface area contributed by atoms with Crippen LogP contribution in [0.25, 0.3) is 0 Å². The predicted molar refractivity (Wildman–Crippen MR) is 85.6 cm³/mol. The molecule has 2 aliphatic carbocycles. The number of likely N-dealkylation sites (tertiary alicyclic amines) is 1. The van der Waals surface area contributed by atoms with E-state index in [0.717, 1.165) is 58.2 Å². The zero-order valence-corrected chi connectivity index (χ0v) is 14.0. The minimum atomic E-state index is -0.201. The number of ether oxygens (including phenoxy) is 1. The fourth-order valence-electron chi connectivity index (χ4n) is 5.38. The maximum Gasteiger partial charge on any atom is 0.243 e. The Labute approximate surface area is 134 Å². The van der Waals surface area contributed by atoms with Gasteiger partial charge in [0.15, 0.2) is 0 Å². The van der Waals surface area contributed by atoms with Crippen LogP contribution < -0.4 is 0 Å². The van der Waals surface area contributed by atoms with E-state index in [0.29, 0.717) is 11.3 Å². The first-order chi connectivity index (χ1) is 10.7. The third kappa shape index (κ3) is 2.22. The number of nitrogens with zero attached hydrogens (tertiary/aromatic N) is 2.